The zero-order chi connectivity index (χ0) is 18.5. The normalized spacial score (nSPS) is 28.4. The number of fused-ring (bicyclic) bond motifs is 5. The molecular weight excluding hydrogens is 334 g/mol. The third-order valence-corrected chi connectivity index (χ3v) is 7.15. The first-order valence-electron chi connectivity index (χ1n) is 10.1. The van der Waals surface area contributed by atoms with Crippen LogP contribution in [0.4, 0.5) is 0 Å². The van der Waals surface area contributed by atoms with E-state index in [1.54, 1.807) is 6.92 Å². The van der Waals surface area contributed by atoms with Crippen molar-refractivity contribution in [3.8, 4) is 11.1 Å². The molecule has 0 unspecified atom stereocenters. The van der Waals surface area contributed by atoms with Crippen LogP contribution in [0, 0.1) is 23.7 Å². The summed E-state index contributed by atoms with van der Waals surface area (Å²) in [4.78, 5) is 27.2. The zero-order valence-corrected chi connectivity index (χ0v) is 15.7. The van der Waals surface area contributed by atoms with E-state index in [1.807, 2.05) is 48.5 Å². The Morgan fingerprint density at radius 3 is 2.33 bits per heavy atom. The van der Waals surface area contributed by atoms with Crippen LogP contribution in [0.5, 0.6) is 0 Å². The number of carbonyl (C=O) groups is 2. The fraction of sp³-hybridized carbons (Fsp3) is 0.417. The summed E-state index contributed by atoms with van der Waals surface area (Å²) >= 11 is 0. The molecule has 1 aliphatic heterocycles. The van der Waals surface area contributed by atoms with Crippen LogP contribution in [0.25, 0.3) is 11.1 Å². The molecule has 4 atom stereocenters. The van der Waals surface area contributed by atoms with Crippen molar-refractivity contribution in [1.29, 1.82) is 0 Å². The van der Waals surface area contributed by atoms with Crippen LogP contribution in [0.15, 0.2) is 48.5 Å². The molecule has 2 aromatic rings. The van der Waals surface area contributed by atoms with E-state index in [1.165, 1.54) is 19.3 Å². The van der Waals surface area contributed by atoms with Gasteiger partial charge in [-0.3, -0.25) is 9.59 Å². The number of amides is 1. The van der Waals surface area contributed by atoms with Gasteiger partial charge in [-0.2, -0.15) is 0 Å². The highest BCUT2D eigenvalue weighted by Crippen LogP contribution is 2.55. The maximum atomic E-state index is 13.2. The fourth-order valence-corrected chi connectivity index (χ4v) is 5.89. The minimum absolute atomic E-state index is 0.0465. The van der Waals surface area contributed by atoms with E-state index >= 15 is 0 Å². The van der Waals surface area contributed by atoms with Gasteiger partial charge in [-0.05, 0) is 73.1 Å². The summed E-state index contributed by atoms with van der Waals surface area (Å²) in [5, 5.41) is 0. The molecule has 138 valence electrons. The molecule has 3 aliphatic rings. The topological polar surface area (TPSA) is 37.4 Å². The number of carbonyl (C=O) groups excluding carboxylic acids is 2. The van der Waals surface area contributed by atoms with Gasteiger partial charge in [0.2, 0.25) is 0 Å². The van der Waals surface area contributed by atoms with Crippen LogP contribution < -0.4 is 0 Å². The molecule has 3 fully saturated rings. The van der Waals surface area contributed by atoms with Gasteiger partial charge in [-0.25, -0.2) is 0 Å². The van der Waals surface area contributed by atoms with Gasteiger partial charge in [0.1, 0.15) is 0 Å². The van der Waals surface area contributed by atoms with Gasteiger partial charge >= 0.3 is 0 Å². The van der Waals surface area contributed by atoms with Crippen molar-refractivity contribution in [3.63, 3.8) is 0 Å². The highest BCUT2D eigenvalue weighted by Gasteiger charge is 2.52. The molecule has 1 amide bonds. The average molecular weight is 359 g/mol. The summed E-state index contributed by atoms with van der Waals surface area (Å²) in [5.41, 5.74) is 3.27. The molecule has 2 saturated carbocycles. The third-order valence-electron chi connectivity index (χ3n) is 7.15. The van der Waals surface area contributed by atoms with Crippen molar-refractivity contribution in [2.24, 2.45) is 23.7 Å². The molecular formula is C24H25NO2. The van der Waals surface area contributed by atoms with E-state index in [0.29, 0.717) is 5.56 Å². The van der Waals surface area contributed by atoms with Crippen molar-refractivity contribution >= 4 is 11.7 Å². The van der Waals surface area contributed by atoms with Crippen LogP contribution in [0.1, 0.15) is 46.9 Å². The summed E-state index contributed by atoms with van der Waals surface area (Å²) in [6.45, 7) is 3.45. The van der Waals surface area contributed by atoms with Gasteiger partial charge in [-0.15, -0.1) is 0 Å². The number of benzene rings is 2. The van der Waals surface area contributed by atoms with Crippen molar-refractivity contribution in [2.75, 3.05) is 13.1 Å². The van der Waals surface area contributed by atoms with Crippen LogP contribution in [-0.2, 0) is 0 Å². The Labute approximate surface area is 160 Å². The molecule has 0 spiro atoms. The summed E-state index contributed by atoms with van der Waals surface area (Å²) in [6, 6.07) is 15.4. The monoisotopic (exact) mass is 359 g/mol. The SMILES string of the molecule is CC(=O)c1ccccc1-c1cccc(C(=O)N2C[C@@H]3[C@@H]4CC[C@@H](C4)[C@@H]3C2)c1. The smallest absolute Gasteiger partial charge is 0.253 e. The number of ketones is 1. The number of rotatable bonds is 3. The number of hydrogen-bond donors (Lipinski definition) is 0. The highest BCUT2D eigenvalue weighted by atomic mass is 16.2. The number of hydrogen-bond acceptors (Lipinski definition) is 2. The molecule has 3 heteroatoms. The van der Waals surface area contributed by atoms with Crippen molar-refractivity contribution < 1.29 is 9.59 Å². The van der Waals surface area contributed by atoms with E-state index < -0.39 is 0 Å². The molecule has 2 aliphatic carbocycles. The third kappa shape index (κ3) is 2.72. The highest BCUT2D eigenvalue weighted by molar-refractivity contribution is 6.02. The summed E-state index contributed by atoms with van der Waals surface area (Å²) in [6.07, 6.45) is 4.13. The number of likely N-dealkylation sites (tertiary alicyclic amines) is 1. The standard InChI is InChI=1S/C24H25NO2/c1-15(26)20-7-2-3-8-21(20)16-5-4-6-19(12-16)24(27)25-13-22-17-9-10-18(11-17)23(22)14-25/h2-8,12,17-18,22-23H,9-11,13-14H2,1H3/t17-,18+,22-,23+. The van der Waals surface area contributed by atoms with Crippen LogP contribution in [0.3, 0.4) is 0 Å². The predicted molar refractivity (Wildman–Crippen MR) is 106 cm³/mol. The van der Waals surface area contributed by atoms with Crippen LogP contribution >= 0.6 is 0 Å². The quantitative estimate of drug-likeness (QED) is 0.747. The second kappa shape index (κ2) is 6.33. The largest absolute Gasteiger partial charge is 0.338 e. The van der Waals surface area contributed by atoms with Gasteiger partial charge in [-0.1, -0.05) is 36.4 Å². The lowest BCUT2D eigenvalue weighted by Crippen LogP contribution is -2.30. The van der Waals surface area contributed by atoms with Gasteiger partial charge in [0.05, 0.1) is 0 Å². The van der Waals surface area contributed by atoms with Gasteiger partial charge in [0.15, 0.2) is 5.78 Å². The van der Waals surface area contributed by atoms with E-state index in [0.717, 1.165) is 53.5 Å². The molecule has 0 radical (unpaired) electrons. The van der Waals surface area contributed by atoms with Crippen molar-refractivity contribution in [1.82, 2.24) is 4.90 Å². The fourth-order valence-electron chi connectivity index (χ4n) is 5.89. The van der Waals surface area contributed by atoms with E-state index in [4.69, 9.17) is 0 Å². The Bertz CT molecular complexity index is 900. The van der Waals surface area contributed by atoms with Crippen molar-refractivity contribution in [2.45, 2.75) is 26.2 Å². The summed E-state index contributed by atoms with van der Waals surface area (Å²) in [5.74, 6) is 3.36. The average Bonchev–Trinajstić information content (AvgIpc) is 3.40. The second-order valence-corrected chi connectivity index (χ2v) is 8.55. The minimum atomic E-state index is 0.0465. The van der Waals surface area contributed by atoms with Crippen LogP contribution in [-0.4, -0.2) is 29.7 Å². The summed E-state index contributed by atoms with van der Waals surface area (Å²) < 4.78 is 0. The molecule has 0 N–H and O–H groups in total. The molecule has 1 heterocycles. The Hall–Kier alpha value is -2.42. The summed E-state index contributed by atoms with van der Waals surface area (Å²) in [7, 11) is 0. The van der Waals surface area contributed by atoms with Gasteiger partial charge in [0, 0.05) is 24.2 Å². The molecule has 0 aromatic heterocycles. The predicted octanol–water partition coefficient (Wildman–Crippen LogP) is 4.67. The van der Waals surface area contributed by atoms with Crippen molar-refractivity contribution in [3.05, 3.63) is 59.7 Å². The van der Waals surface area contributed by atoms with E-state index in [2.05, 4.69) is 4.90 Å². The van der Waals surface area contributed by atoms with Gasteiger partial charge < -0.3 is 4.90 Å². The lowest BCUT2D eigenvalue weighted by molar-refractivity contribution is 0.0776. The zero-order valence-electron chi connectivity index (χ0n) is 15.7. The molecule has 5 rings (SSSR count). The maximum absolute atomic E-state index is 13.2. The van der Waals surface area contributed by atoms with Crippen LogP contribution in [0.2, 0.25) is 0 Å². The maximum Gasteiger partial charge on any atom is 0.253 e. The Morgan fingerprint density at radius 1 is 0.926 bits per heavy atom. The first-order valence-corrected chi connectivity index (χ1v) is 10.1. The first-order chi connectivity index (χ1) is 13.1. The second-order valence-electron chi connectivity index (χ2n) is 8.55. The Kier molecular flexibility index (Phi) is 3.92. The molecule has 27 heavy (non-hydrogen) atoms. The van der Waals surface area contributed by atoms with Gasteiger partial charge in [0.25, 0.3) is 5.91 Å². The Morgan fingerprint density at radius 2 is 1.63 bits per heavy atom. The first kappa shape index (κ1) is 16.7. The van der Waals surface area contributed by atoms with E-state index in [-0.39, 0.29) is 11.7 Å². The molecule has 2 aromatic carbocycles. The lowest BCUT2D eigenvalue weighted by atomic mass is 9.82. The molecule has 3 nitrogen and oxygen atoms in total. The van der Waals surface area contributed by atoms with E-state index in [9.17, 15) is 9.59 Å². The minimum Gasteiger partial charge on any atom is -0.338 e. The molecule has 1 saturated heterocycles. The Balaban J connectivity index is 1.42. The molecule has 2 bridgehead atoms. The lowest BCUT2D eigenvalue weighted by Gasteiger charge is -2.22. The number of Topliss-reactive ketones (excluding diaryl/α,β-unsaturated/α-hetero) is 1. The number of nitrogens with zero attached hydrogens (tertiary/aromatic N) is 1.